The highest BCUT2D eigenvalue weighted by Gasteiger charge is 2.29. The van der Waals surface area contributed by atoms with E-state index in [1.807, 2.05) is 35.7 Å². The highest BCUT2D eigenvalue weighted by molar-refractivity contribution is 7.98. The predicted molar refractivity (Wildman–Crippen MR) is 105 cm³/mol. The number of carbonyl (C=O) groups excluding carboxylic acids is 1. The van der Waals surface area contributed by atoms with E-state index in [1.165, 1.54) is 11.8 Å². The standard InChI is InChI=1S/C19H27N5OS/c1-22(2)12-13-23-11-9-20-17(23)15-6-5-10-24(14-15)19(25)16-7-4-8-21-18(16)26-3/h4,7-9,11,15H,5-6,10,12-14H2,1-3H3. The molecule has 0 N–H and O–H groups in total. The number of pyridine rings is 1. The molecule has 1 unspecified atom stereocenters. The van der Waals surface area contributed by atoms with Gasteiger partial charge in [-0.3, -0.25) is 4.79 Å². The molecule has 1 atom stereocenters. The van der Waals surface area contributed by atoms with E-state index in [0.29, 0.717) is 11.5 Å². The Bertz CT molecular complexity index is 745. The number of hydrogen-bond acceptors (Lipinski definition) is 5. The van der Waals surface area contributed by atoms with Crippen LogP contribution in [0.3, 0.4) is 0 Å². The van der Waals surface area contributed by atoms with Crippen LogP contribution in [0, 0.1) is 0 Å². The Kier molecular flexibility index (Phi) is 6.32. The minimum Gasteiger partial charge on any atom is -0.338 e. The number of rotatable bonds is 6. The lowest BCUT2D eigenvalue weighted by Crippen LogP contribution is -2.40. The number of piperidine rings is 1. The van der Waals surface area contributed by atoms with Crippen molar-refractivity contribution in [2.45, 2.75) is 30.3 Å². The molecule has 1 aliphatic rings. The summed E-state index contributed by atoms with van der Waals surface area (Å²) >= 11 is 1.52. The normalized spacial score (nSPS) is 17.7. The van der Waals surface area contributed by atoms with E-state index >= 15 is 0 Å². The second-order valence-electron chi connectivity index (χ2n) is 6.93. The monoisotopic (exact) mass is 373 g/mol. The highest BCUT2D eigenvalue weighted by Crippen LogP contribution is 2.28. The Hall–Kier alpha value is -1.86. The lowest BCUT2D eigenvalue weighted by Gasteiger charge is -2.33. The van der Waals surface area contributed by atoms with Gasteiger partial charge in [0, 0.05) is 50.7 Å². The first kappa shape index (κ1) is 18.9. The van der Waals surface area contributed by atoms with Crippen LogP contribution in [0.1, 0.15) is 34.9 Å². The van der Waals surface area contributed by atoms with Crippen molar-refractivity contribution in [3.8, 4) is 0 Å². The van der Waals surface area contributed by atoms with Gasteiger partial charge < -0.3 is 14.4 Å². The minimum absolute atomic E-state index is 0.0820. The maximum atomic E-state index is 13.0. The summed E-state index contributed by atoms with van der Waals surface area (Å²) in [7, 11) is 4.16. The number of nitrogens with zero attached hydrogens (tertiary/aromatic N) is 5. The Balaban J connectivity index is 1.74. The molecule has 1 aliphatic heterocycles. The van der Waals surface area contributed by atoms with E-state index in [2.05, 4.69) is 33.5 Å². The van der Waals surface area contributed by atoms with Crippen LogP contribution in [-0.2, 0) is 6.54 Å². The summed E-state index contributed by atoms with van der Waals surface area (Å²) in [6.07, 6.45) is 9.70. The van der Waals surface area contributed by atoms with Crippen molar-refractivity contribution < 1.29 is 4.79 Å². The summed E-state index contributed by atoms with van der Waals surface area (Å²) in [4.78, 5) is 26.1. The largest absolute Gasteiger partial charge is 0.338 e. The molecule has 140 valence electrons. The third-order valence-corrected chi connectivity index (χ3v) is 5.52. The van der Waals surface area contributed by atoms with E-state index in [1.54, 1.807) is 6.20 Å². The molecule has 0 bridgehead atoms. The molecular weight excluding hydrogens is 346 g/mol. The van der Waals surface area contributed by atoms with Gasteiger partial charge >= 0.3 is 0 Å². The van der Waals surface area contributed by atoms with Crippen LogP contribution in [-0.4, -0.2) is 70.2 Å². The van der Waals surface area contributed by atoms with Crippen molar-refractivity contribution in [1.82, 2.24) is 24.3 Å². The van der Waals surface area contributed by atoms with Crippen molar-refractivity contribution >= 4 is 17.7 Å². The Morgan fingerprint density at radius 2 is 2.19 bits per heavy atom. The number of thioether (sulfide) groups is 1. The van der Waals surface area contributed by atoms with Gasteiger partial charge in [-0.15, -0.1) is 11.8 Å². The summed E-state index contributed by atoms with van der Waals surface area (Å²) < 4.78 is 2.23. The molecule has 0 saturated carbocycles. The average Bonchev–Trinajstić information content (AvgIpc) is 3.14. The van der Waals surface area contributed by atoms with E-state index in [4.69, 9.17) is 0 Å². The predicted octanol–water partition coefficient (Wildman–Crippen LogP) is 2.58. The number of carbonyl (C=O) groups is 1. The van der Waals surface area contributed by atoms with Crippen molar-refractivity contribution in [3.63, 3.8) is 0 Å². The van der Waals surface area contributed by atoms with Gasteiger partial charge in [-0.2, -0.15) is 0 Å². The molecule has 0 aromatic carbocycles. The van der Waals surface area contributed by atoms with Gasteiger partial charge in [-0.25, -0.2) is 9.97 Å². The molecule has 0 spiro atoms. The summed E-state index contributed by atoms with van der Waals surface area (Å²) in [5.41, 5.74) is 0.705. The number of likely N-dealkylation sites (tertiary alicyclic amines) is 1. The van der Waals surface area contributed by atoms with Crippen molar-refractivity contribution in [1.29, 1.82) is 0 Å². The smallest absolute Gasteiger partial charge is 0.256 e. The van der Waals surface area contributed by atoms with Crippen molar-refractivity contribution in [2.24, 2.45) is 0 Å². The zero-order valence-corrected chi connectivity index (χ0v) is 16.6. The molecule has 0 aliphatic carbocycles. The van der Waals surface area contributed by atoms with Crippen LogP contribution >= 0.6 is 11.8 Å². The van der Waals surface area contributed by atoms with Gasteiger partial charge in [0.25, 0.3) is 5.91 Å². The zero-order valence-electron chi connectivity index (χ0n) is 15.8. The zero-order chi connectivity index (χ0) is 18.5. The van der Waals surface area contributed by atoms with Crippen LogP contribution in [0.4, 0.5) is 0 Å². The van der Waals surface area contributed by atoms with Gasteiger partial charge in [-0.1, -0.05) is 0 Å². The highest BCUT2D eigenvalue weighted by atomic mass is 32.2. The molecule has 26 heavy (non-hydrogen) atoms. The summed E-state index contributed by atoms with van der Waals surface area (Å²) in [6.45, 7) is 3.43. The van der Waals surface area contributed by atoms with E-state index < -0.39 is 0 Å². The fourth-order valence-corrected chi connectivity index (χ4v) is 3.98. The van der Waals surface area contributed by atoms with E-state index in [-0.39, 0.29) is 5.91 Å². The van der Waals surface area contributed by atoms with Gasteiger partial charge in [0.05, 0.1) is 5.56 Å². The molecule has 2 aromatic heterocycles. The fourth-order valence-electron chi connectivity index (χ4n) is 3.44. The molecule has 7 heteroatoms. The Morgan fingerprint density at radius 1 is 1.35 bits per heavy atom. The second-order valence-corrected chi connectivity index (χ2v) is 7.73. The first-order valence-electron chi connectivity index (χ1n) is 9.04. The molecule has 6 nitrogen and oxygen atoms in total. The quantitative estimate of drug-likeness (QED) is 0.729. The van der Waals surface area contributed by atoms with Crippen LogP contribution in [0.15, 0.2) is 35.7 Å². The topological polar surface area (TPSA) is 54.3 Å². The SMILES string of the molecule is CSc1ncccc1C(=O)N1CCCC(c2nccn2CCN(C)C)C1. The number of aromatic nitrogens is 3. The van der Waals surface area contributed by atoms with Crippen LogP contribution < -0.4 is 0 Å². The summed E-state index contributed by atoms with van der Waals surface area (Å²) in [5.74, 6) is 1.47. The maximum Gasteiger partial charge on any atom is 0.256 e. The first-order valence-corrected chi connectivity index (χ1v) is 10.3. The first-order chi connectivity index (χ1) is 12.6. The average molecular weight is 374 g/mol. The van der Waals surface area contributed by atoms with Crippen molar-refractivity contribution in [3.05, 3.63) is 42.1 Å². The van der Waals surface area contributed by atoms with E-state index in [0.717, 1.165) is 49.9 Å². The maximum absolute atomic E-state index is 13.0. The van der Waals surface area contributed by atoms with Gasteiger partial charge in [0.2, 0.25) is 0 Å². The van der Waals surface area contributed by atoms with Crippen LogP contribution in [0.25, 0.3) is 0 Å². The molecule has 1 fully saturated rings. The summed E-state index contributed by atoms with van der Waals surface area (Å²) in [6, 6.07) is 3.71. The molecule has 3 heterocycles. The van der Waals surface area contributed by atoms with Gasteiger partial charge in [-0.05, 0) is 45.3 Å². The van der Waals surface area contributed by atoms with Gasteiger partial charge in [0.1, 0.15) is 10.9 Å². The third-order valence-electron chi connectivity index (χ3n) is 4.80. The molecular formula is C19H27N5OS. The van der Waals surface area contributed by atoms with Crippen LogP contribution in [0.5, 0.6) is 0 Å². The second kappa shape index (κ2) is 8.68. The minimum atomic E-state index is 0.0820. The lowest BCUT2D eigenvalue weighted by molar-refractivity contribution is 0.0699. The molecule has 1 saturated heterocycles. The lowest BCUT2D eigenvalue weighted by atomic mass is 9.96. The Morgan fingerprint density at radius 3 is 2.96 bits per heavy atom. The number of amides is 1. The van der Waals surface area contributed by atoms with E-state index in [9.17, 15) is 4.79 Å². The molecule has 0 radical (unpaired) electrons. The van der Waals surface area contributed by atoms with Crippen LogP contribution in [0.2, 0.25) is 0 Å². The summed E-state index contributed by atoms with van der Waals surface area (Å²) in [5, 5.41) is 0.798. The van der Waals surface area contributed by atoms with Crippen molar-refractivity contribution in [2.75, 3.05) is 40.0 Å². The fraction of sp³-hybridized carbons (Fsp3) is 0.526. The molecule has 1 amide bonds. The number of hydrogen-bond donors (Lipinski definition) is 0. The van der Waals surface area contributed by atoms with Gasteiger partial charge in [0.15, 0.2) is 0 Å². The Labute approximate surface area is 159 Å². The molecule has 2 aromatic rings. The molecule has 3 rings (SSSR count). The number of imidazole rings is 1. The number of likely N-dealkylation sites (N-methyl/N-ethyl adjacent to an activating group) is 1. The third kappa shape index (κ3) is 4.27.